The summed E-state index contributed by atoms with van der Waals surface area (Å²) in [6, 6.07) is 2.67. The van der Waals surface area contributed by atoms with E-state index in [-0.39, 0.29) is 0 Å². The maximum atomic E-state index is 4.30. The normalized spacial score (nSPS) is 25.3. The summed E-state index contributed by atoms with van der Waals surface area (Å²) in [5.41, 5.74) is 3.46. The summed E-state index contributed by atoms with van der Waals surface area (Å²) >= 11 is 0. The second kappa shape index (κ2) is 6.47. The van der Waals surface area contributed by atoms with Crippen LogP contribution in [0.1, 0.15) is 62.5 Å². The predicted molar refractivity (Wildman–Crippen MR) is 79.0 cm³/mol. The molecule has 0 aromatic carbocycles. The number of hydrogen-bond donors (Lipinski definition) is 1. The molecule has 1 aromatic rings. The first-order valence-electron chi connectivity index (χ1n) is 7.66. The fourth-order valence-corrected chi connectivity index (χ4v) is 3.25. The molecule has 0 radical (unpaired) electrons. The molecule has 106 valence electrons. The third kappa shape index (κ3) is 3.53. The lowest BCUT2D eigenvalue weighted by molar-refractivity contribution is 0.232. The first kappa shape index (κ1) is 14.4. The van der Waals surface area contributed by atoms with Crippen LogP contribution in [0.25, 0.3) is 0 Å². The molecule has 1 aromatic heterocycles. The zero-order chi connectivity index (χ0) is 13.8. The van der Waals surface area contributed by atoms with E-state index in [0.29, 0.717) is 6.04 Å². The van der Waals surface area contributed by atoms with E-state index in [9.17, 15) is 0 Å². The molecule has 3 nitrogen and oxygen atoms in total. The van der Waals surface area contributed by atoms with Gasteiger partial charge in [0.15, 0.2) is 0 Å². The highest BCUT2D eigenvalue weighted by atomic mass is 15.1. The third-order valence-electron chi connectivity index (χ3n) is 4.43. The minimum absolute atomic E-state index is 0.451. The van der Waals surface area contributed by atoms with Crippen molar-refractivity contribution >= 4 is 0 Å². The minimum atomic E-state index is 0.451. The summed E-state index contributed by atoms with van der Waals surface area (Å²) < 4.78 is 0. The molecule has 1 aliphatic carbocycles. The Morgan fingerprint density at radius 3 is 2.53 bits per heavy atom. The average molecular weight is 261 g/mol. The lowest BCUT2D eigenvalue weighted by Gasteiger charge is -2.34. The van der Waals surface area contributed by atoms with Crippen molar-refractivity contribution in [2.45, 2.75) is 59.4 Å². The lowest BCUT2D eigenvalue weighted by atomic mass is 9.77. The van der Waals surface area contributed by atoms with Crippen molar-refractivity contribution in [3.8, 4) is 0 Å². The number of aromatic nitrogens is 2. The zero-order valence-electron chi connectivity index (χ0n) is 12.7. The molecule has 2 rings (SSSR count). The van der Waals surface area contributed by atoms with Crippen molar-refractivity contribution in [3.05, 3.63) is 23.0 Å². The molecule has 1 atom stereocenters. The molecule has 0 bridgehead atoms. The van der Waals surface area contributed by atoms with Gasteiger partial charge in [-0.25, -0.2) is 0 Å². The summed E-state index contributed by atoms with van der Waals surface area (Å²) in [6.45, 7) is 9.69. The van der Waals surface area contributed by atoms with Gasteiger partial charge in [-0.2, -0.15) is 10.2 Å². The monoisotopic (exact) mass is 261 g/mol. The van der Waals surface area contributed by atoms with Gasteiger partial charge in [0.05, 0.1) is 11.4 Å². The van der Waals surface area contributed by atoms with Crippen LogP contribution in [0.3, 0.4) is 0 Å². The van der Waals surface area contributed by atoms with E-state index in [1.54, 1.807) is 0 Å². The number of nitrogens with one attached hydrogen (secondary N) is 1. The second-order valence-electron chi connectivity index (χ2n) is 6.08. The molecule has 1 saturated carbocycles. The van der Waals surface area contributed by atoms with Crippen molar-refractivity contribution in [3.63, 3.8) is 0 Å². The van der Waals surface area contributed by atoms with Gasteiger partial charge in [-0.05, 0) is 56.7 Å². The summed E-state index contributed by atoms with van der Waals surface area (Å²) in [6.07, 6.45) is 5.39. The summed E-state index contributed by atoms with van der Waals surface area (Å²) in [5.74, 6) is 1.65. The Labute approximate surface area is 117 Å². The summed E-state index contributed by atoms with van der Waals surface area (Å²) in [5, 5.41) is 12.1. The Hall–Kier alpha value is -0.960. The highest BCUT2D eigenvalue weighted by Crippen LogP contribution is 2.37. The first-order valence-corrected chi connectivity index (χ1v) is 7.66. The third-order valence-corrected chi connectivity index (χ3v) is 4.43. The fourth-order valence-electron chi connectivity index (χ4n) is 3.25. The zero-order valence-corrected chi connectivity index (χ0v) is 12.7. The average Bonchev–Trinajstić information content (AvgIpc) is 2.40. The topological polar surface area (TPSA) is 37.8 Å². The first-order chi connectivity index (χ1) is 9.11. The van der Waals surface area contributed by atoms with Crippen LogP contribution in [0.4, 0.5) is 0 Å². The van der Waals surface area contributed by atoms with Crippen LogP contribution in [-0.2, 0) is 0 Å². The van der Waals surface area contributed by atoms with E-state index in [1.807, 2.05) is 6.92 Å². The smallest absolute Gasteiger partial charge is 0.0648 e. The van der Waals surface area contributed by atoms with Gasteiger partial charge in [-0.15, -0.1) is 0 Å². The Balaban J connectivity index is 2.21. The van der Waals surface area contributed by atoms with Crippen LogP contribution < -0.4 is 5.32 Å². The largest absolute Gasteiger partial charge is 0.310 e. The van der Waals surface area contributed by atoms with Gasteiger partial charge in [0.1, 0.15) is 0 Å². The van der Waals surface area contributed by atoms with Gasteiger partial charge in [-0.1, -0.05) is 26.7 Å². The van der Waals surface area contributed by atoms with Crippen molar-refractivity contribution in [1.82, 2.24) is 15.5 Å². The summed E-state index contributed by atoms with van der Waals surface area (Å²) in [7, 11) is 0. The van der Waals surface area contributed by atoms with Crippen LogP contribution in [0, 0.1) is 25.7 Å². The van der Waals surface area contributed by atoms with Gasteiger partial charge >= 0.3 is 0 Å². The van der Waals surface area contributed by atoms with E-state index in [0.717, 1.165) is 29.8 Å². The standard InChI is InChI=1S/C16H27N3/c1-5-17-16(14-8-6-11(2)7-9-14)15-10-12(3)18-19-13(15)4/h10-11,14,16-17H,5-9H2,1-4H3. The fraction of sp³-hybridized carbons (Fsp3) is 0.750. The van der Waals surface area contributed by atoms with Crippen LogP contribution in [0.5, 0.6) is 0 Å². The molecular weight excluding hydrogens is 234 g/mol. The maximum Gasteiger partial charge on any atom is 0.0648 e. The Morgan fingerprint density at radius 2 is 1.89 bits per heavy atom. The number of hydrogen-bond acceptors (Lipinski definition) is 3. The number of aryl methyl sites for hydroxylation is 2. The van der Waals surface area contributed by atoms with E-state index in [2.05, 4.69) is 42.4 Å². The van der Waals surface area contributed by atoms with Crippen LogP contribution in [0.15, 0.2) is 6.07 Å². The molecule has 0 saturated heterocycles. The molecular formula is C16H27N3. The Morgan fingerprint density at radius 1 is 1.21 bits per heavy atom. The molecule has 1 unspecified atom stereocenters. The summed E-state index contributed by atoms with van der Waals surface area (Å²) in [4.78, 5) is 0. The van der Waals surface area contributed by atoms with Crippen LogP contribution in [-0.4, -0.2) is 16.7 Å². The SMILES string of the molecule is CCNC(c1cc(C)nnc1C)C1CCC(C)CC1. The van der Waals surface area contributed by atoms with E-state index < -0.39 is 0 Å². The van der Waals surface area contributed by atoms with Gasteiger partial charge in [0, 0.05) is 6.04 Å². The van der Waals surface area contributed by atoms with Gasteiger partial charge in [0.25, 0.3) is 0 Å². The van der Waals surface area contributed by atoms with E-state index in [4.69, 9.17) is 0 Å². The number of rotatable bonds is 4. The highest BCUT2D eigenvalue weighted by Gasteiger charge is 2.28. The maximum absolute atomic E-state index is 4.30. The molecule has 1 N–H and O–H groups in total. The molecule has 1 fully saturated rings. The molecule has 19 heavy (non-hydrogen) atoms. The van der Waals surface area contributed by atoms with Gasteiger partial charge in [0.2, 0.25) is 0 Å². The second-order valence-corrected chi connectivity index (χ2v) is 6.08. The molecule has 1 heterocycles. The quantitative estimate of drug-likeness (QED) is 0.900. The Kier molecular flexibility index (Phi) is 4.92. The predicted octanol–water partition coefficient (Wildman–Crippen LogP) is 3.57. The van der Waals surface area contributed by atoms with Crippen LogP contribution in [0.2, 0.25) is 0 Å². The van der Waals surface area contributed by atoms with Crippen LogP contribution >= 0.6 is 0 Å². The van der Waals surface area contributed by atoms with Gasteiger partial charge < -0.3 is 5.32 Å². The van der Waals surface area contributed by atoms with Gasteiger partial charge in [-0.3, -0.25) is 0 Å². The molecule has 0 aliphatic heterocycles. The highest BCUT2D eigenvalue weighted by molar-refractivity contribution is 5.24. The Bertz CT molecular complexity index is 408. The van der Waals surface area contributed by atoms with Crippen molar-refractivity contribution < 1.29 is 0 Å². The van der Waals surface area contributed by atoms with E-state index >= 15 is 0 Å². The minimum Gasteiger partial charge on any atom is -0.310 e. The molecule has 3 heteroatoms. The lowest BCUT2D eigenvalue weighted by Crippen LogP contribution is -2.31. The molecule has 0 spiro atoms. The van der Waals surface area contributed by atoms with Crippen molar-refractivity contribution in [2.24, 2.45) is 11.8 Å². The van der Waals surface area contributed by atoms with Crippen molar-refractivity contribution in [2.75, 3.05) is 6.54 Å². The molecule has 1 aliphatic rings. The molecule has 0 amide bonds. The van der Waals surface area contributed by atoms with E-state index in [1.165, 1.54) is 31.2 Å². The van der Waals surface area contributed by atoms with Crippen molar-refractivity contribution in [1.29, 1.82) is 0 Å². The number of nitrogens with zero attached hydrogens (tertiary/aromatic N) is 2.